The number of benzene rings is 2. The van der Waals surface area contributed by atoms with Crippen LogP contribution in [0.2, 0.25) is 0 Å². The molecule has 1 unspecified atom stereocenters. The maximum absolute atomic E-state index is 14.1. The van der Waals surface area contributed by atoms with Crippen LogP contribution in [-0.2, 0) is 0 Å². The van der Waals surface area contributed by atoms with Crippen LogP contribution in [0, 0.1) is 12.7 Å². The molecule has 0 spiro atoms. The van der Waals surface area contributed by atoms with Gasteiger partial charge in [0.25, 0.3) is 0 Å². The third-order valence-corrected chi connectivity index (χ3v) is 4.15. The third-order valence-electron chi connectivity index (χ3n) is 3.04. The van der Waals surface area contributed by atoms with Crippen LogP contribution < -0.4 is 4.74 Å². The van der Waals surface area contributed by atoms with Crippen molar-refractivity contribution in [2.24, 2.45) is 0 Å². The van der Waals surface area contributed by atoms with Crippen molar-refractivity contribution < 1.29 is 9.13 Å². The van der Waals surface area contributed by atoms with Crippen LogP contribution >= 0.6 is 27.5 Å². The summed E-state index contributed by atoms with van der Waals surface area (Å²) in [6.07, 6.45) is 0. The van der Waals surface area contributed by atoms with Crippen LogP contribution in [0.5, 0.6) is 5.75 Å². The van der Waals surface area contributed by atoms with Crippen molar-refractivity contribution in [3.63, 3.8) is 0 Å². The van der Waals surface area contributed by atoms with Crippen molar-refractivity contribution in [3.8, 4) is 5.75 Å². The molecule has 2 rings (SSSR count). The first-order valence-corrected chi connectivity index (χ1v) is 7.58. The summed E-state index contributed by atoms with van der Waals surface area (Å²) in [7, 11) is 0. The first-order valence-electron chi connectivity index (χ1n) is 6.36. The molecule has 0 aromatic heterocycles. The molecule has 20 heavy (non-hydrogen) atoms. The van der Waals surface area contributed by atoms with Gasteiger partial charge in [-0.2, -0.15) is 0 Å². The number of rotatable bonds is 4. The molecule has 0 heterocycles. The molecule has 4 heteroatoms. The topological polar surface area (TPSA) is 9.23 Å². The summed E-state index contributed by atoms with van der Waals surface area (Å²) in [5, 5.41) is -0.526. The Kier molecular flexibility index (Phi) is 5.06. The molecule has 1 nitrogen and oxygen atoms in total. The second-order valence-corrected chi connectivity index (χ2v) is 5.75. The molecule has 0 saturated carbocycles. The van der Waals surface area contributed by atoms with E-state index in [2.05, 4.69) is 15.9 Å². The lowest BCUT2D eigenvalue weighted by Gasteiger charge is -2.14. The van der Waals surface area contributed by atoms with Gasteiger partial charge in [-0.3, -0.25) is 0 Å². The Hall–Kier alpha value is -1.06. The number of alkyl halides is 1. The molecule has 0 bridgehead atoms. The van der Waals surface area contributed by atoms with Crippen LogP contribution in [0.4, 0.5) is 4.39 Å². The van der Waals surface area contributed by atoms with Gasteiger partial charge in [-0.25, -0.2) is 4.39 Å². The minimum absolute atomic E-state index is 0.252. The molecule has 106 valence electrons. The van der Waals surface area contributed by atoms with Crippen molar-refractivity contribution in [1.82, 2.24) is 0 Å². The van der Waals surface area contributed by atoms with Gasteiger partial charge in [-0.1, -0.05) is 24.3 Å². The van der Waals surface area contributed by atoms with Gasteiger partial charge in [-0.15, -0.1) is 11.6 Å². The molecule has 0 radical (unpaired) electrons. The zero-order chi connectivity index (χ0) is 14.7. The summed E-state index contributed by atoms with van der Waals surface area (Å²) in [6.45, 7) is 4.25. The van der Waals surface area contributed by atoms with Gasteiger partial charge in [0, 0.05) is 5.56 Å². The Balaban J connectivity index is 2.36. The van der Waals surface area contributed by atoms with Crippen LogP contribution in [0.15, 0.2) is 40.9 Å². The summed E-state index contributed by atoms with van der Waals surface area (Å²) in [5.41, 5.74) is 1.91. The normalized spacial score (nSPS) is 12.2. The summed E-state index contributed by atoms with van der Waals surface area (Å²) in [6, 6.07) is 10.8. The number of aryl methyl sites for hydroxylation is 1. The molecular formula is C16H15BrClFO. The standard InChI is InChI=1S/C16H15BrClFO/c1-3-20-14-8-7-11(9-13(14)17)15(18)12-6-4-5-10(2)16(12)19/h4-9,15H,3H2,1-2H3. The van der Waals surface area contributed by atoms with Gasteiger partial charge >= 0.3 is 0 Å². The minimum Gasteiger partial charge on any atom is -0.493 e. The molecular weight excluding hydrogens is 343 g/mol. The summed E-state index contributed by atoms with van der Waals surface area (Å²) >= 11 is 9.85. The molecule has 2 aromatic carbocycles. The number of hydrogen-bond donors (Lipinski definition) is 0. The average molecular weight is 358 g/mol. The third kappa shape index (κ3) is 3.15. The van der Waals surface area contributed by atoms with E-state index in [0.29, 0.717) is 17.7 Å². The number of hydrogen-bond acceptors (Lipinski definition) is 1. The molecule has 2 aromatic rings. The lowest BCUT2D eigenvalue weighted by Crippen LogP contribution is -2.00. The maximum atomic E-state index is 14.1. The van der Waals surface area contributed by atoms with Crippen molar-refractivity contribution in [1.29, 1.82) is 0 Å². The van der Waals surface area contributed by atoms with Crippen LogP contribution in [0.25, 0.3) is 0 Å². The number of halogens is 3. The van der Waals surface area contributed by atoms with E-state index in [4.69, 9.17) is 16.3 Å². The monoisotopic (exact) mass is 356 g/mol. The molecule has 0 amide bonds. The fourth-order valence-electron chi connectivity index (χ4n) is 1.99. The van der Waals surface area contributed by atoms with Gasteiger partial charge in [0.1, 0.15) is 11.6 Å². The predicted octanol–water partition coefficient (Wildman–Crippen LogP) is 5.62. The van der Waals surface area contributed by atoms with E-state index in [1.54, 1.807) is 19.1 Å². The van der Waals surface area contributed by atoms with Crippen molar-refractivity contribution in [2.45, 2.75) is 19.2 Å². The van der Waals surface area contributed by atoms with Gasteiger partial charge in [-0.05, 0) is 53.0 Å². The first-order chi connectivity index (χ1) is 9.54. The van der Waals surface area contributed by atoms with E-state index in [1.165, 1.54) is 0 Å². The second kappa shape index (κ2) is 6.59. The Morgan fingerprint density at radius 3 is 2.70 bits per heavy atom. The van der Waals surface area contributed by atoms with E-state index < -0.39 is 5.38 Å². The molecule has 0 aliphatic carbocycles. The van der Waals surface area contributed by atoms with E-state index >= 15 is 0 Å². The smallest absolute Gasteiger partial charge is 0.133 e. The largest absolute Gasteiger partial charge is 0.493 e. The summed E-state index contributed by atoms with van der Waals surface area (Å²) in [4.78, 5) is 0. The molecule has 0 saturated heterocycles. The van der Waals surface area contributed by atoms with E-state index in [1.807, 2.05) is 31.2 Å². The van der Waals surface area contributed by atoms with Crippen LogP contribution in [0.1, 0.15) is 29.0 Å². The molecule has 0 N–H and O–H groups in total. The highest BCUT2D eigenvalue weighted by atomic mass is 79.9. The molecule has 0 aliphatic rings. The first kappa shape index (κ1) is 15.3. The fraction of sp³-hybridized carbons (Fsp3) is 0.250. The Morgan fingerprint density at radius 2 is 2.05 bits per heavy atom. The van der Waals surface area contributed by atoms with E-state index in [9.17, 15) is 4.39 Å². The highest BCUT2D eigenvalue weighted by Crippen LogP contribution is 2.35. The highest BCUT2D eigenvalue weighted by molar-refractivity contribution is 9.10. The minimum atomic E-state index is -0.526. The number of ether oxygens (including phenoxy) is 1. The van der Waals surface area contributed by atoms with Gasteiger partial charge in [0.2, 0.25) is 0 Å². The molecule has 1 atom stereocenters. The lowest BCUT2D eigenvalue weighted by atomic mass is 10.0. The highest BCUT2D eigenvalue weighted by Gasteiger charge is 2.17. The summed E-state index contributed by atoms with van der Waals surface area (Å²) in [5.74, 6) is 0.502. The van der Waals surface area contributed by atoms with E-state index in [-0.39, 0.29) is 5.82 Å². The SMILES string of the molecule is CCOc1ccc(C(Cl)c2cccc(C)c2F)cc1Br. The van der Waals surface area contributed by atoms with Gasteiger partial charge < -0.3 is 4.74 Å². The van der Waals surface area contributed by atoms with Crippen molar-refractivity contribution in [3.05, 3.63) is 63.4 Å². The van der Waals surface area contributed by atoms with Gasteiger partial charge in [0.05, 0.1) is 16.5 Å². The quantitative estimate of drug-likeness (QED) is 0.645. The second-order valence-electron chi connectivity index (χ2n) is 4.46. The van der Waals surface area contributed by atoms with E-state index in [0.717, 1.165) is 15.8 Å². The molecule has 0 aliphatic heterocycles. The Morgan fingerprint density at radius 1 is 1.30 bits per heavy atom. The molecule has 0 fully saturated rings. The van der Waals surface area contributed by atoms with Crippen LogP contribution in [0.3, 0.4) is 0 Å². The lowest BCUT2D eigenvalue weighted by molar-refractivity contribution is 0.338. The zero-order valence-electron chi connectivity index (χ0n) is 11.3. The maximum Gasteiger partial charge on any atom is 0.133 e. The Labute approximate surface area is 131 Å². The van der Waals surface area contributed by atoms with Crippen LogP contribution in [-0.4, -0.2) is 6.61 Å². The van der Waals surface area contributed by atoms with Crippen molar-refractivity contribution in [2.75, 3.05) is 6.61 Å². The zero-order valence-corrected chi connectivity index (χ0v) is 13.6. The fourth-order valence-corrected chi connectivity index (χ4v) is 2.81. The van der Waals surface area contributed by atoms with Crippen molar-refractivity contribution >= 4 is 27.5 Å². The van der Waals surface area contributed by atoms with Gasteiger partial charge in [0.15, 0.2) is 0 Å². The Bertz CT molecular complexity index is 615. The summed E-state index contributed by atoms with van der Waals surface area (Å²) < 4.78 is 20.4. The predicted molar refractivity (Wildman–Crippen MR) is 84.1 cm³/mol. The average Bonchev–Trinajstić information content (AvgIpc) is 2.43.